The van der Waals surface area contributed by atoms with Crippen molar-refractivity contribution in [3.63, 3.8) is 0 Å². The van der Waals surface area contributed by atoms with Crippen LogP contribution in [0.5, 0.6) is 0 Å². The quantitative estimate of drug-likeness (QED) is 0.609. The average molecular weight is 245 g/mol. The summed E-state index contributed by atoms with van der Waals surface area (Å²) in [4.78, 5) is 11.1. The highest BCUT2D eigenvalue weighted by Gasteiger charge is 2.10. The maximum Gasteiger partial charge on any atom is 0.334 e. The number of urea groups is 1. The van der Waals surface area contributed by atoms with Crippen LogP contribution in [0.4, 0.5) is 4.79 Å². The zero-order valence-electron chi connectivity index (χ0n) is 10.9. The molecule has 0 heterocycles. The fourth-order valence-electron chi connectivity index (χ4n) is 2.21. The predicted octanol–water partition coefficient (Wildman–Crippen LogP) is 2.22. The average Bonchev–Trinajstić information content (AvgIpc) is 2.43. The highest BCUT2D eigenvalue weighted by atomic mass is 16.2. The van der Waals surface area contributed by atoms with Crippen molar-refractivity contribution in [1.29, 1.82) is 0 Å². The molecular formula is C14H19N3O. The number of nitrogens with zero attached hydrogens (tertiary/aromatic N) is 1. The SMILES string of the molecule is CNC(=O)NN=C(C)c1ccc2c(c1)CCCC2. The van der Waals surface area contributed by atoms with Gasteiger partial charge in [-0.3, -0.25) is 0 Å². The Balaban J connectivity index is 2.15. The molecule has 0 aliphatic heterocycles. The second-order valence-corrected chi connectivity index (χ2v) is 4.58. The first-order valence-corrected chi connectivity index (χ1v) is 6.35. The van der Waals surface area contributed by atoms with Crippen LogP contribution < -0.4 is 10.7 Å². The van der Waals surface area contributed by atoms with Crippen molar-refractivity contribution in [2.75, 3.05) is 7.05 Å². The number of carbonyl (C=O) groups is 1. The zero-order chi connectivity index (χ0) is 13.0. The molecule has 0 saturated carbocycles. The Hall–Kier alpha value is -1.84. The van der Waals surface area contributed by atoms with E-state index >= 15 is 0 Å². The molecule has 2 rings (SSSR count). The van der Waals surface area contributed by atoms with E-state index in [-0.39, 0.29) is 6.03 Å². The molecule has 96 valence electrons. The second kappa shape index (κ2) is 5.67. The summed E-state index contributed by atoms with van der Waals surface area (Å²) in [5.41, 5.74) is 7.23. The molecule has 0 spiro atoms. The number of rotatable bonds is 2. The normalized spacial score (nSPS) is 14.9. The summed E-state index contributed by atoms with van der Waals surface area (Å²) in [6, 6.07) is 6.16. The highest BCUT2D eigenvalue weighted by molar-refractivity contribution is 5.99. The fourth-order valence-corrected chi connectivity index (χ4v) is 2.21. The number of aryl methyl sites for hydroxylation is 2. The van der Waals surface area contributed by atoms with E-state index in [0.29, 0.717) is 0 Å². The molecule has 0 aromatic heterocycles. The van der Waals surface area contributed by atoms with Gasteiger partial charge in [0.05, 0.1) is 5.71 Å². The van der Waals surface area contributed by atoms with Gasteiger partial charge < -0.3 is 5.32 Å². The van der Waals surface area contributed by atoms with Crippen molar-refractivity contribution in [3.05, 3.63) is 34.9 Å². The number of hydrogen-bond donors (Lipinski definition) is 2. The van der Waals surface area contributed by atoms with E-state index in [2.05, 4.69) is 34.0 Å². The third-order valence-electron chi connectivity index (χ3n) is 3.32. The molecule has 4 nitrogen and oxygen atoms in total. The molecule has 0 atom stereocenters. The lowest BCUT2D eigenvalue weighted by atomic mass is 9.90. The van der Waals surface area contributed by atoms with Gasteiger partial charge in [-0.2, -0.15) is 5.10 Å². The molecule has 2 N–H and O–H groups in total. The highest BCUT2D eigenvalue weighted by Crippen LogP contribution is 2.22. The van der Waals surface area contributed by atoms with Gasteiger partial charge in [0.25, 0.3) is 0 Å². The number of nitrogens with one attached hydrogen (secondary N) is 2. The number of hydrazone groups is 1. The Kier molecular flexibility index (Phi) is 3.97. The first-order chi connectivity index (χ1) is 8.70. The third-order valence-corrected chi connectivity index (χ3v) is 3.32. The van der Waals surface area contributed by atoms with E-state index in [1.165, 1.54) is 30.4 Å². The molecule has 1 aliphatic rings. The lowest BCUT2D eigenvalue weighted by molar-refractivity contribution is 0.243. The fraction of sp³-hybridized carbons (Fsp3) is 0.429. The number of benzene rings is 1. The molecule has 0 radical (unpaired) electrons. The zero-order valence-corrected chi connectivity index (χ0v) is 10.9. The van der Waals surface area contributed by atoms with Crippen molar-refractivity contribution >= 4 is 11.7 Å². The first kappa shape index (κ1) is 12.6. The van der Waals surface area contributed by atoms with E-state index < -0.39 is 0 Å². The summed E-state index contributed by atoms with van der Waals surface area (Å²) in [7, 11) is 1.57. The maximum atomic E-state index is 11.1. The van der Waals surface area contributed by atoms with Gasteiger partial charge in [0.1, 0.15) is 0 Å². The third kappa shape index (κ3) is 2.88. The van der Waals surface area contributed by atoms with Gasteiger partial charge in [-0.25, -0.2) is 10.2 Å². The Morgan fingerprint density at radius 3 is 2.67 bits per heavy atom. The molecule has 18 heavy (non-hydrogen) atoms. The van der Waals surface area contributed by atoms with Gasteiger partial charge in [0.15, 0.2) is 0 Å². The van der Waals surface area contributed by atoms with Crippen LogP contribution in [-0.2, 0) is 12.8 Å². The number of amides is 2. The summed E-state index contributed by atoms with van der Waals surface area (Å²) in [5, 5.41) is 6.53. The predicted molar refractivity (Wildman–Crippen MR) is 72.9 cm³/mol. The molecule has 0 unspecified atom stereocenters. The van der Waals surface area contributed by atoms with Crippen LogP contribution in [0.25, 0.3) is 0 Å². The molecule has 4 heteroatoms. The minimum absolute atomic E-state index is 0.299. The van der Waals surface area contributed by atoms with Crippen LogP contribution >= 0.6 is 0 Å². The minimum atomic E-state index is -0.299. The van der Waals surface area contributed by atoms with Crippen LogP contribution in [0.3, 0.4) is 0 Å². The largest absolute Gasteiger partial charge is 0.340 e. The summed E-state index contributed by atoms with van der Waals surface area (Å²) in [6.07, 6.45) is 4.89. The number of carbonyl (C=O) groups excluding carboxylic acids is 1. The summed E-state index contributed by atoms with van der Waals surface area (Å²) < 4.78 is 0. The van der Waals surface area contributed by atoms with Gasteiger partial charge in [0, 0.05) is 7.05 Å². The molecule has 0 fully saturated rings. The summed E-state index contributed by atoms with van der Waals surface area (Å²) >= 11 is 0. The van der Waals surface area contributed by atoms with Gasteiger partial charge in [-0.05, 0) is 55.4 Å². The van der Waals surface area contributed by atoms with E-state index in [1.54, 1.807) is 7.05 Å². The van der Waals surface area contributed by atoms with Crippen LogP contribution in [0.15, 0.2) is 23.3 Å². The van der Waals surface area contributed by atoms with Crippen molar-refractivity contribution in [2.24, 2.45) is 5.10 Å². The summed E-state index contributed by atoms with van der Waals surface area (Å²) in [6.45, 7) is 1.90. The van der Waals surface area contributed by atoms with Gasteiger partial charge in [-0.15, -0.1) is 0 Å². The van der Waals surface area contributed by atoms with Crippen LogP contribution in [-0.4, -0.2) is 18.8 Å². The monoisotopic (exact) mass is 245 g/mol. The number of hydrogen-bond acceptors (Lipinski definition) is 2. The van der Waals surface area contributed by atoms with E-state index in [4.69, 9.17) is 0 Å². The number of fused-ring (bicyclic) bond motifs is 1. The first-order valence-electron chi connectivity index (χ1n) is 6.35. The lowest BCUT2D eigenvalue weighted by Crippen LogP contribution is -2.29. The van der Waals surface area contributed by atoms with Gasteiger partial charge >= 0.3 is 6.03 Å². The molecule has 0 bridgehead atoms. The van der Waals surface area contributed by atoms with Crippen LogP contribution in [0, 0.1) is 0 Å². The Morgan fingerprint density at radius 2 is 1.94 bits per heavy atom. The van der Waals surface area contributed by atoms with Crippen molar-refractivity contribution in [3.8, 4) is 0 Å². The minimum Gasteiger partial charge on any atom is -0.340 e. The van der Waals surface area contributed by atoms with E-state index in [0.717, 1.165) is 17.7 Å². The van der Waals surface area contributed by atoms with Crippen LogP contribution in [0.2, 0.25) is 0 Å². The molecule has 0 saturated heterocycles. The van der Waals surface area contributed by atoms with Crippen molar-refractivity contribution in [1.82, 2.24) is 10.7 Å². The molecule has 1 aliphatic carbocycles. The Bertz CT molecular complexity index is 480. The van der Waals surface area contributed by atoms with E-state index in [9.17, 15) is 4.79 Å². The smallest absolute Gasteiger partial charge is 0.334 e. The molecule has 1 aromatic rings. The Labute approximate surface area is 107 Å². The topological polar surface area (TPSA) is 53.5 Å². The Morgan fingerprint density at radius 1 is 1.22 bits per heavy atom. The van der Waals surface area contributed by atoms with Crippen molar-refractivity contribution in [2.45, 2.75) is 32.6 Å². The molecule has 2 amide bonds. The lowest BCUT2D eigenvalue weighted by Gasteiger charge is -2.16. The molecular weight excluding hydrogens is 226 g/mol. The second-order valence-electron chi connectivity index (χ2n) is 4.58. The molecule has 1 aromatic carbocycles. The van der Waals surface area contributed by atoms with Gasteiger partial charge in [-0.1, -0.05) is 12.1 Å². The maximum absolute atomic E-state index is 11.1. The van der Waals surface area contributed by atoms with Crippen LogP contribution in [0.1, 0.15) is 36.5 Å². The summed E-state index contributed by atoms with van der Waals surface area (Å²) in [5.74, 6) is 0. The standard InChI is InChI=1S/C14H19N3O/c1-10(16-17-14(18)15-2)12-8-7-11-5-3-4-6-13(11)9-12/h7-9H,3-6H2,1-2H3,(H2,15,17,18). The van der Waals surface area contributed by atoms with Crippen molar-refractivity contribution < 1.29 is 4.79 Å². The van der Waals surface area contributed by atoms with Gasteiger partial charge in [0.2, 0.25) is 0 Å². The van der Waals surface area contributed by atoms with E-state index in [1.807, 2.05) is 6.92 Å².